The smallest absolute Gasteiger partial charge is 0.153 e. The van der Waals surface area contributed by atoms with Gasteiger partial charge < -0.3 is 4.74 Å². The third-order valence-corrected chi connectivity index (χ3v) is 3.53. The lowest BCUT2D eigenvalue weighted by Gasteiger charge is -2.29. The first-order chi connectivity index (χ1) is 7.74. The van der Waals surface area contributed by atoms with Crippen molar-refractivity contribution in [2.75, 3.05) is 13.2 Å². The van der Waals surface area contributed by atoms with Crippen LogP contribution in [0.15, 0.2) is 4.60 Å². The molecule has 7 heteroatoms. The van der Waals surface area contributed by atoms with Crippen LogP contribution in [0.2, 0.25) is 0 Å². The minimum absolute atomic E-state index is 0.0228. The monoisotopic (exact) mass is 289 g/mol. The zero-order valence-corrected chi connectivity index (χ0v) is 10.8. The van der Waals surface area contributed by atoms with Crippen LogP contribution in [0, 0.1) is 5.92 Å². The second-order valence-electron chi connectivity index (χ2n) is 4.01. The molecule has 1 saturated heterocycles. The SMILES string of the molecule is Cn1nnc(Br)c1C(NN)C1CCCOC1. The molecule has 0 aromatic carbocycles. The topological polar surface area (TPSA) is 78.0 Å². The predicted octanol–water partition coefficient (Wildman–Crippen LogP) is 0.509. The van der Waals surface area contributed by atoms with Crippen molar-refractivity contribution in [2.45, 2.75) is 18.9 Å². The summed E-state index contributed by atoms with van der Waals surface area (Å²) < 4.78 is 7.96. The van der Waals surface area contributed by atoms with Crippen LogP contribution in [0.1, 0.15) is 24.6 Å². The molecule has 0 saturated carbocycles. The van der Waals surface area contributed by atoms with Crippen molar-refractivity contribution in [1.82, 2.24) is 20.4 Å². The number of hydrazine groups is 1. The normalized spacial score (nSPS) is 23.3. The van der Waals surface area contributed by atoms with Crippen LogP contribution in [0.3, 0.4) is 0 Å². The molecule has 6 nitrogen and oxygen atoms in total. The van der Waals surface area contributed by atoms with E-state index in [1.165, 1.54) is 0 Å². The Morgan fingerprint density at radius 3 is 3.00 bits per heavy atom. The highest BCUT2D eigenvalue weighted by Crippen LogP contribution is 2.30. The fourth-order valence-corrected chi connectivity index (χ4v) is 2.71. The Morgan fingerprint density at radius 1 is 1.69 bits per heavy atom. The standard InChI is InChI=1S/C9H16BrN5O/c1-15-8(9(10)13-14-15)7(12-11)6-3-2-4-16-5-6/h6-7,12H,2-5,11H2,1H3. The summed E-state index contributed by atoms with van der Waals surface area (Å²) in [5.74, 6) is 6.01. The molecule has 0 radical (unpaired) electrons. The first-order valence-electron chi connectivity index (χ1n) is 5.33. The van der Waals surface area contributed by atoms with Crippen molar-refractivity contribution < 1.29 is 4.74 Å². The van der Waals surface area contributed by atoms with E-state index < -0.39 is 0 Å². The molecule has 1 aromatic heterocycles. The van der Waals surface area contributed by atoms with Gasteiger partial charge in [0, 0.05) is 19.6 Å². The van der Waals surface area contributed by atoms with Crippen molar-refractivity contribution >= 4 is 15.9 Å². The van der Waals surface area contributed by atoms with Crippen molar-refractivity contribution in [3.8, 4) is 0 Å². The van der Waals surface area contributed by atoms with E-state index in [1.807, 2.05) is 7.05 Å². The summed E-state index contributed by atoms with van der Waals surface area (Å²) in [4.78, 5) is 0. The molecule has 90 valence electrons. The van der Waals surface area contributed by atoms with Crippen molar-refractivity contribution in [3.63, 3.8) is 0 Å². The number of hydrogen-bond acceptors (Lipinski definition) is 5. The number of nitrogens with one attached hydrogen (secondary N) is 1. The van der Waals surface area contributed by atoms with Crippen LogP contribution in [-0.2, 0) is 11.8 Å². The average molecular weight is 290 g/mol. The van der Waals surface area contributed by atoms with E-state index >= 15 is 0 Å². The molecular formula is C9H16BrN5O. The van der Waals surface area contributed by atoms with Crippen molar-refractivity contribution in [3.05, 3.63) is 10.3 Å². The van der Waals surface area contributed by atoms with E-state index in [1.54, 1.807) is 4.68 Å². The van der Waals surface area contributed by atoms with Gasteiger partial charge >= 0.3 is 0 Å². The quantitative estimate of drug-likeness (QED) is 0.626. The van der Waals surface area contributed by atoms with Gasteiger partial charge in [0.1, 0.15) is 0 Å². The molecule has 0 aliphatic carbocycles. The molecule has 3 N–H and O–H groups in total. The molecule has 0 bridgehead atoms. The number of aromatic nitrogens is 3. The third kappa shape index (κ3) is 2.27. The number of rotatable bonds is 3. The van der Waals surface area contributed by atoms with Crippen LogP contribution in [-0.4, -0.2) is 28.2 Å². The van der Waals surface area contributed by atoms with E-state index in [0.717, 1.165) is 36.4 Å². The fraction of sp³-hybridized carbons (Fsp3) is 0.778. The molecule has 0 amide bonds. The van der Waals surface area contributed by atoms with E-state index in [9.17, 15) is 0 Å². The van der Waals surface area contributed by atoms with Gasteiger partial charge in [0.05, 0.1) is 18.3 Å². The Bertz CT molecular complexity index is 330. The summed E-state index contributed by atoms with van der Waals surface area (Å²) in [5.41, 5.74) is 3.82. The lowest BCUT2D eigenvalue weighted by Crippen LogP contribution is -2.38. The first-order valence-corrected chi connectivity index (χ1v) is 6.12. The van der Waals surface area contributed by atoms with E-state index in [4.69, 9.17) is 10.6 Å². The zero-order valence-electron chi connectivity index (χ0n) is 9.19. The van der Waals surface area contributed by atoms with Crippen LogP contribution in [0.4, 0.5) is 0 Å². The zero-order chi connectivity index (χ0) is 11.5. The maximum Gasteiger partial charge on any atom is 0.153 e. The Hall–Kier alpha value is -0.500. The van der Waals surface area contributed by atoms with Crippen LogP contribution >= 0.6 is 15.9 Å². The lowest BCUT2D eigenvalue weighted by molar-refractivity contribution is 0.0377. The van der Waals surface area contributed by atoms with Gasteiger partial charge in [0.2, 0.25) is 0 Å². The average Bonchev–Trinajstić information content (AvgIpc) is 2.63. The number of hydrogen-bond donors (Lipinski definition) is 2. The molecule has 16 heavy (non-hydrogen) atoms. The minimum Gasteiger partial charge on any atom is -0.381 e. The molecule has 0 spiro atoms. The third-order valence-electron chi connectivity index (χ3n) is 2.97. The Labute approximate surface area is 103 Å². The molecule has 1 fully saturated rings. The van der Waals surface area contributed by atoms with Gasteiger partial charge in [0.15, 0.2) is 4.60 Å². The molecule has 2 unspecified atom stereocenters. The highest BCUT2D eigenvalue weighted by molar-refractivity contribution is 9.10. The highest BCUT2D eigenvalue weighted by atomic mass is 79.9. The molecule has 2 rings (SSSR count). The maximum atomic E-state index is 5.64. The number of nitrogens with zero attached hydrogens (tertiary/aromatic N) is 3. The fourth-order valence-electron chi connectivity index (χ4n) is 2.14. The van der Waals surface area contributed by atoms with Gasteiger partial charge in [-0.1, -0.05) is 5.21 Å². The summed E-state index contributed by atoms with van der Waals surface area (Å²) in [5, 5.41) is 7.94. The van der Waals surface area contributed by atoms with Crippen molar-refractivity contribution in [2.24, 2.45) is 18.8 Å². The van der Waals surface area contributed by atoms with Gasteiger partial charge in [0.25, 0.3) is 0 Å². The Balaban J connectivity index is 2.21. The predicted molar refractivity (Wildman–Crippen MR) is 62.3 cm³/mol. The van der Waals surface area contributed by atoms with E-state index in [0.29, 0.717) is 5.92 Å². The number of halogens is 1. The number of nitrogens with two attached hydrogens (primary N) is 1. The summed E-state index contributed by atoms with van der Waals surface area (Å²) in [6, 6.07) is 0.0228. The summed E-state index contributed by atoms with van der Waals surface area (Å²) in [7, 11) is 1.86. The summed E-state index contributed by atoms with van der Waals surface area (Å²) in [6.07, 6.45) is 2.18. The molecule has 1 aliphatic heterocycles. The van der Waals surface area contributed by atoms with Gasteiger partial charge in [-0.3, -0.25) is 11.3 Å². The second kappa shape index (κ2) is 5.22. The molecule has 2 heterocycles. The second-order valence-corrected chi connectivity index (χ2v) is 4.76. The molecule has 2 atom stereocenters. The summed E-state index contributed by atoms with van der Waals surface area (Å²) in [6.45, 7) is 1.57. The highest BCUT2D eigenvalue weighted by Gasteiger charge is 2.29. The lowest BCUT2D eigenvalue weighted by atomic mass is 9.92. The Morgan fingerprint density at radius 2 is 2.50 bits per heavy atom. The minimum atomic E-state index is 0.0228. The maximum absolute atomic E-state index is 5.64. The van der Waals surface area contributed by atoms with Crippen LogP contribution in [0.25, 0.3) is 0 Å². The van der Waals surface area contributed by atoms with Crippen LogP contribution in [0.5, 0.6) is 0 Å². The molecule has 1 aromatic rings. The van der Waals surface area contributed by atoms with E-state index in [-0.39, 0.29) is 6.04 Å². The molecule has 1 aliphatic rings. The Kier molecular flexibility index (Phi) is 3.91. The first kappa shape index (κ1) is 12.0. The number of aryl methyl sites for hydroxylation is 1. The van der Waals surface area contributed by atoms with Crippen LogP contribution < -0.4 is 11.3 Å². The molecular weight excluding hydrogens is 274 g/mol. The van der Waals surface area contributed by atoms with Gasteiger partial charge in [-0.2, -0.15) is 0 Å². The van der Waals surface area contributed by atoms with E-state index in [2.05, 4.69) is 31.7 Å². The number of ether oxygens (including phenoxy) is 1. The summed E-state index contributed by atoms with van der Waals surface area (Å²) >= 11 is 3.39. The van der Waals surface area contributed by atoms with Gasteiger partial charge in [-0.25, -0.2) is 4.68 Å². The van der Waals surface area contributed by atoms with Crippen molar-refractivity contribution in [1.29, 1.82) is 0 Å². The van der Waals surface area contributed by atoms with Gasteiger partial charge in [-0.15, -0.1) is 5.10 Å². The largest absolute Gasteiger partial charge is 0.381 e. The van der Waals surface area contributed by atoms with Gasteiger partial charge in [-0.05, 0) is 28.8 Å².